The number of fused-ring (bicyclic) bond motifs is 7. The molecule has 0 bridgehead atoms. The summed E-state index contributed by atoms with van der Waals surface area (Å²) in [7, 11) is 108. The first kappa shape index (κ1) is 49.8. The number of rotatable bonds is 6. The number of hydrogen-bond donors (Lipinski definition) is 0. The summed E-state index contributed by atoms with van der Waals surface area (Å²) in [5.41, 5.74) is 8.47. The number of benzene rings is 9. The van der Waals surface area contributed by atoms with Crippen LogP contribution in [-0.4, -0.2) is 145 Å². The van der Waals surface area contributed by atoms with Gasteiger partial charge in [-0.1, -0.05) is 141 Å². The first-order chi connectivity index (χ1) is 36.4. The molecule has 0 spiro atoms. The van der Waals surface area contributed by atoms with Crippen molar-refractivity contribution in [2.75, 3.05) is 0 Å². The van der Waals surface area contributed by atoms with Crippen LogP contribution in [0.5, 0.6) is 0 Å². The van der Waals surface area contributed by atoms with Gasteiger partial charge in [0, 0.05) is 50.1 Å². The fourth-order valence-corrected chi connectivity index (χ4v) is 10.8. The molecular formula is C56H20B16N4. The minimum atomic E-state index is 0.0238. The molecule has 0 N–H and O–H groups in total. The Morgan fingerprint density at radius 1 is 0.263 bits per heavy atom. The van der Waals surface area contributed by atoms with E-state index in [2.05, 4.69) is 0 Å². The zero-order chi connectivity index (χ0) is 53.5. The van der Waals surface area contributed by atoms with Crippen LogP contribution in [0.25, 0.3) is 111 Å². The minimum absolute atomic E-state index is 0.0238. The maximum absolute atomic E-state index is 7.02. The van der Waals surface area contributed by atoms with Gasteiger partial charge in [-0.15, -0.1) is 43.7 Å². The van der Waals surface area contributed by atoms with Crippen molar-refractivity contribution in [1.29, 1.82) is 0 Å². The summed E-state index contributed by atoms with van der Waals surface area (Å²) in [6.45, 7) is 0. The average molecular weight is 922 g/mol. The second-order valence-electron chi connectivity index (χ2n) is 18.8. The molecule has 0 fully saturated rings. The Balaban J connectivity index is 1.24. The Morgan fingerprint density at radius 2 is 0.592 bits per heavy atom. The van der Waals surface area contributed by atoms with Crippen LogP contribution in [0.3, 0.4) is 0 Å². The fraction of sp³-hybridized carbons (Fsp3) is 0. The van der Waals surface area contributed by atoms with Crippen LogP contribution in [-0.2, 0) is 0 Å². The predicted molar refractivity (Wildman–Crippen MR) is 336 cm³/mol. The molecule has 0 atom stereocenters. The van der Waals surface area contributed by atoms with Gasteiger partial charge in [0.1, 0.15) is 126 Å². The zero-order valence-corrected chi connectivity index (χ0v) is 40.6. The highest BCUT2D eigenvalue weighted by atomic mass is 15.0. The van der Waals surface area contributed by atoms with Gasteiger partial charge in [-0.3, -0.25) is 0 Å². The van der Waals surface area contributed by atoms with E-state index in [-0.39, 0.29) is 87.4 Å². The van der Waals surface area contributed by atoms with Crippen LogP contribution in [0, 0.1) is 0 Å². The summed E-state index contributed by atoms with van der Waals surface area (Å²) in [6, 6.07) is 39.6. The van der Waals surface area contributed by atoms with Gasteiger partial charge in [-0.25, -0.2) is 9.97 Å². The average Bonchev–Trinajstić information content (AvgIpc) is 4.09. The Morgan fingerprint density at radius 3 is 1.00 bits per heavy atom. The maximum atomic E-state index is 7.02. The van der Waals surface area contributed by atoms with Crippen molar-refractivity contribution in [2.45, 2.75) is 0 Å². The molecule has 312 valence electrons. The molecule has 0 saturated carbocycles. The van der Waals surface area contributed by atoms with E-state index in [1.165, 1.54) is 0 Å². The lowest BCUT2D eigenvalue weighted by Gasteiger charge is -2.22. The van der Waals surface area contributed by atoms with Gasteiger partial charge in [-0.05, 0) is 67.7 Å². The van der Waals surface area contributed by atoms with Crippen LogP contribution < -0.4 is 87.4 Å². The monoisotopic (exact) mass is 924 g/mol. The molecule has 0 aliphatic heterocycles. The lowest BCUT2D eigenvalue weighted by molar-refractivity contribution is 1.14. The summed E-state index contributed by atoms with van der Waals surface area (Å²) in [5.74, 6) is 0.564. The Hall–Kier alpha value is -7.04. The topological polar surface area (TPSA) is 35.6 Å². The molecule has 3 heterocycles. The van der Waals surface area contributed by atoms with Crippen LogP contribution >= 0.6 is 0 Å². The highest BCUT2D eigenvalue weighted by Gasteiger charge is 2.27. The molecule has 3 aromatic heterocycles. The molecule has 32 radical (unpaired) electrons. The molecule has 0 aliphatic rings. The van der Waals surface area contributed by atoms with Crippen LogP contribution in [0.4, 0.5) is 0 Å². The van der Waals surface area contributed by atoms with E-state index >= 15 is 0 Å². The molecule has 0 saturated heterocycles. The maximum Gasteiger partial charge on any atom is 0.160 e. The molecule has 9 aromatic carbocycles. The summed E-state index contributed by atoms with van der Waals surface area (Å²) in [4.78, 5) is 10.2. The van der Waals surface area contributed by atoms with Gasteiger partial charge < -0.3 is 9.13 Å². The SMILES string of the molecule is [B]c1c([B])c([B])c2c(c1[B])c1c([B])c([B])c([B])c([B])c1n2-c1cc(-c2ccc(-c3cc(-c4ccccc4)nc(-c4ccccc4)n3)c3ccccc23)cc(-n2c3c([B])c([B])c([B])c([B])c3c3c([B])c([B])c([B])c([B])c32)c1. The number of hydrogen-bond acceptors (Lipinski definition) is 2. The first-order valence-electron chi connectivity index (χ1n) is 23.7. The van der Waals surface area contributed by atoms with Gasteiger partial charge >= 0.3 is 0 Å². The summed E-state index contributed by atoms with van der Waals surface area (Å²) in [6.07, 6.45) is 0. The van der Waals surface area contributed by atoms with E-state index < -0.39 is 0 Å². The smallest absolute Gasteiger partial charge is 0.160 e. The van der Waals surface area contributed by atoms with Gasteiger partial charge in [0.05, 0.1) is 11.4 Å². The molecule has 0 unspecified atom stereocenters. The molecule has 4 nitrogen and oxygen atoms in total. The Labute approximate surface area is 461 Å². The summed E-state index contributed by atoms with van der Waals surface area (Å²) in [5, 5.41) is 3.07. The number of nitrogens with zero attached hydrogens (tertiary/aromatic N) is 4. The molecule has 20 heteroatoms. The van der Waals surface area contributed by atoms with Gasteiger partial charge in [0.2, 0.25) is 0 Å². The van der Waals surface area contributed by atoms with Crippen molar-refractivity contribution in [1.82, 2.24) is 19.1 Å². The second kappa shape index (κ2) is 18.3. The lowest BCUT2D eigenvalue weighted by Crippen LogP contribution is -2.49. The van der Waals surface area contributed by atoms with Crippen molar-refractivity contribution in [3.05, 3.63) is 121 Å². The first-order valence-corrected chi connectivity index (χ1v) is 23.7. The fourth-order valence-electron chi connectivity index (χ4n) is 10.8. The third-order valence-corrected chi connectivity index (χ3v) is 14.7. The van der Waals surface area contributed by atoms with Gasteiger partial charge in [-0.2, -0.15) is 0 Å². The third kappa shape index (κ3) is 7.21. The van der Waals surface area contributed by atoms with Crippen molar-refractivity contribution < 1.29 is 0 Å². The van der Waals surface area contributed by atoms with Gasteiger partial charge in [0.15, 0.2) is 5.82 Å². The second-order valence-corrected chi connectivity index (χ2v) is 18.8. The van der Waals surface area contributed by atoms with Crippen molar-refractivity contribution in [3.8, 4) is 56.4 Å². The zero-order valence-electron chi connectivity index (χ0n) is 40.6. The lowest BCUT2D eigenvalue weighted by atomic mass is 9.63. The molecule has 76 heavy (non-hydrogen) atoms. The summed E-state index contributed by atoms with van der Waals surface area (Å²) < 4.78 is 3.55. The Bertz CT molecular complexity index is 4140. The molecular weight excluding hydrogens is 902 g/mol. The minimum Gasteiger partial charge on any atom is -0.310 e. The third-order valence-electron chi connectivity index (χ3n) is 14.7. The van der Waals surface area contributed by atoms with E-state index in [9.17, 15) is 0 Å². The van der Waals surface area contributed by atoms with Crippen LogP contribution in [0.2, 0.25) is 0 Å². The van der Waals surface area contributed by atoms with Crippen LogP contribution in [0.15, 0.2) is 121 Å². The van der Waals surface area contributed by atoms with Crippen molar-refractivity contribution in [3.63, 3.8) is 0 Å². The quantitative estimate of drug-likeness (QED) is 0.157. The molecule has 12 rings (SSSR count). The van der Waals surface area contributed by atoms with Crippen molar-refractivity contribution >= 4 is 267 Å². The normalized spacial score (nSPS) is 11.7. The van der Waals surface area contributed by atoms with E-state index in [1.54, 1.807) is 9.13 Å². The highest BCUT2D eigenvalue weighted by Crippen LogP contribution is 2.40. The van der Waals surface area contributed by atoms with Gasteiger partial charge in [0.25, 0.3) is 0 Å². The molecule has 0 amide bonds. The number of aromatic nitrogens is 4. The Kier molecular flexibility index (Phi) is 12.0. The predicted octanol–water partition coefficient (Wildman–Crippen LogP) is -4.81. The summed E-state index contributed by atoms with van der Waals surface area (Å²) >= 11 is 0. The molecule has 0 aliphatic carbocycles. The standard InChI is InChI=1S/C56H20B16N4/c57-36-32-33-37(58)41(62)45(66)49(70)53(33)75(52(32)48(69)44(65)40(36)61)24-17-23(18-25(19-24)76-54-34(38(59)42(63)46(67)50(54)71)35-39(60)43(64)47(68)51(72)55(35)76)26-15-16-29(28-14-8-7-13-27(26)28)31-20-30(21-9-3-1-4-10-21)73-56(74-31)22-11-5-2-6-12-22/h1-20H. The van der Waals surface area contributed by atoms with Crippen LogP contribution in [0.1, 0.15) is 0 Å². The largest absolute Gasteiger partial charge is 0.310 e. The van der Waals surface area contributed by atoms with E-state index in [1.807, 2.05) is 121 Å². The van der Waals surface area contributed by atoms with E-state index in [0.717, 1.165) is 38.7 Å². The van der Waals surface area contributed by atoms with Crippen molar-refractivity contribution in [2.24, 2.45) is 0 Å². The van der Waals surface area contributed by atoms with E-state index in [4.69, 9.17) is 136 Å². The molecule has 12 aromatic rings. The van der Waals surface area contributed by atoms with E-state index in [0.29, 0.717) is 72.1 Å². The highest BCUT2D eigenvalue weighted by molar-refractivity contribution is 6.73.